The minimum absolute atomic E-state index is 0.0523. The zero-order valence-electron chi connectivity index (χ0n) is 17.6. The van der Waals surface area contributed by atoms with E-state index in [1.807, 2.05) is 24.3 Å². The van der Waals surface area contributed by atoms with Gasteiger partial charge in [-0.3, -0.25) is 9.79 Å². The number of amides is 1. The molecule has 1 fully saturated rings. The van der Waals surface area contributed by atoms with Crippen molar-refractivity contribution >= 4 is 11.9 Å². The number of hydrogen-bond acceptors (Lipinski definition) is 3. The summed E-state index contributed by atoms with van der Waals surface area (Å²) >= 11 is 0. The van der Waals surface area contributed by atoms with Crippen LogP contribution in [-0.2, 0) is 11.3 Å². The van der Waals surface area contributed by atoms with Gasteiger partial charge in [-0.05, 0) is 43.9 Å². The fourth-order valence-corrected chi connectivity index (χ4v) is 2.95. The molecule has 1 atom stereocenters. The molecule has 0 aromatic heterocycles. The number of carbonyl (C=O) groups excluding carboxylic acids is 1. The standard InChI is InChI=1S/C22H36N4O2/c1-4-5-6-7-9-17(2)25-22(23-3)24-15-18-10-8-11-20(14-18)28-16-21(27)26-19-12-13-19/h8,10-11,14,17,19H,4-7,9,12-13,15-16H2,1-3H3,(H,26,27)(H2,23,24,25). The van der Waals surface area contributed by atoms with Crippen LogP contribution >= 0.6 is 0 Å². The molecule has 28 heavy (non-hydrogen) atoms. The van der Waals surface area contributed by atoms with Crippen molar-refractivity contribution in [1.29, 1.82) is 0 Å². The maximum atomic E-state index is 11.7. The van der Waals surface area contributed by atoms with Gasteiger partial charge in [0.1, 0.15) is 5.75 Å². The Balaban J connectivity index is 1.71. The van der Waals surface area contributed by atoms with Crippen LogP contribution in [0.1, 0.15) is 64.4 Å². The highest BCUT2D eigenvalue weighted by Gasteiger charge is 2.23. The van der Waals surface area contributed by atoms with E-state index >= 15 is 0 Å². The van der Waals surface area contributed by atoms with Gasteiger partial charge < -0.3 is 20.7 Å². The van der Waals surface area contributed by atoms with E-state index in [-0.39, 0.29) is 12.5 Å². The minimum atomic E-state index is -0.0523. The second kappa shape index (κ2) is 12.3. The number of unbranched alkanes of at least 4 members (excludes halogenated alkanes) is 3. The third kappa shape index (κ3) is 9.11. The van der Waals surface area contributed by atoms with Crippen LogP contribution in [0.15, 0.2) is 29.3 Å². The molecule has 0 bridgehead atoms. The Morgan fingerprint density at radius 2 is 2.11 bits per heavy atom. The van der Waals surface area contributed by atoms with Gasteiger partial charge in [-0.1, -0.05) is 44.7 Å². The lowest BCUT2D eigenvalue weighted by molar-refractivity contribution is -0.123. The highest BCUT2D eigenvalue weighted by atomic mass is 16.5. The molecule has 6 nitrogen and oxygen atoms in total. The lowest BCUT2D eigenvalue weighted by Gasteiger charge is -2.18. The third-order valence-corrected chi connectivity index (χ3v) is 4.77. The Morgan fingerprint density at radius 1 is 1.29 bits per heavy atom. The molecule has 3 N–H and O–H groups in total. The molecule has 1 unspecified atom stereocenters. The second-order valence-corrected chi connectivity index (χ2v) is 7.60. The number of ether oxygens (including phenoxy) is 1. The maximum absolute atomic E-state index is 11.7. The van der Waals surface area contributed by atoms with E-state index in [1.165, 1.54) is 25.7 Å². The van der Waals surface area contributed by atoms with Gasteiger partial charge in [0.05, 0.1) is 0 Å². The van der Waals surface area contributed by atoms with E-state index in [1.54, 1.807) is 7.05 Å². The first-order valence-electron chi connectivity index (χ1n) is 10.6. The molecule has 1 aromatic rings. The number of carbonyl (C=O) groups is 1. The van der Waals surface area contributed by atoms with Crippen LogP contribution in [0, 0.1) is 0 Å². The van der Waals surface area contributed by atoms with Crippen LogP contribution in [0.2, 0.25) is 0 Å². The van der Waals surface area contributed by atoms with Gasteiger partial charge in [0.15, 0.2) is 12.6 Å². The number of hydrogen-bond donors (Lipinski definition) is 3. The molecule has 0 saturated heterocycles. The molecule has 1 aliphatic rings. The SMILES string of the molecule is CCCCCCC(C)NC(=NC)NCc1cccc(OCC(=O)NC2CC2)c1. The van der Waals surface area contributed by atoms with Crippen molar-refractivity contribution in [1.82, 2.24) is 16.0 Å². The molecule has 1 aromatic carbocycles. The zero-order valence-corrected chi connectivity index (χ0v) is 17.6. The topological polar surface area (TPSA) is 74.8 Å². The Kier molecular flexibility index (Phi) is 9.66. The fourth-order valence-electron chi connectivity index (χ4n) is 2.95. The smallest absolute Gasteiger partial charge is 0.258 e. The second-order valence-electron chi connectivity index (χ2n) is 7.60. The first-order chi connectivity index (χ1) is 13.6. The molecule has 156 valence electrons. The van der Waals surface area contributed by atoms with Gasteiger partial charge in [-0.2, -0.15) is 0 Å². The Labute approximate surface area is 169 Å². The Morgan fingerprint density at radius 3 is 2.82 bits per heavy atom. The summed E-state index contributed by atoms with van der Waals surface area (Å²) in [4.78, 5) is 16.1. The van der Waals surface area contributed by atoms with Crippen molar-refractivity contribution in [2.45, 2.75) is 77.4 Å². The van der Waals surface area contributed by atoms with Crippen LogP contribution in [0.3, 0.4) is 0 Å². The van der Waals surface area contributed by atoms with Crippen molar-refractivity contribution in [2.24, 2.45) is 4.99 Å². The zero-order chi connectivity index (χ0) is 20.2. The van der Waals surface area contributed by atoms with E-state index in [9.17, 15) is 4.79 Å². The third-order valence-electron chi connectivity index (χ3n) is 4.77. The monoisotopic (exact) mass is 388 g/mol. The summed E-state index contributed by atoms with van der Waals surface area (Å²) in [5, 5.41) is 9.72. The number of guanidine groups is 1. The summed E-state index contributed by atoms with van der Waals surface area (Å²) in [5.74, 6) is 1.46. The largest absolute Gasteiger partial charge is 0.484 e. The predicted molar refractivity (Wildman–Crippen MR) is 115 cm³/mol. The van der Waals surface area contributed by atoms with E-state index in [0.29, 0.717) is 24.4 Å². The van der Waals surface area contributed by atoms with E-state index in [2.05, 4.69) is 34.8 Å². The van der Waals surface area contributed by atoms with Crippen LogP contribution < -0.4 is 20.7 Å². The van der Waals surface area contributed by atoms with Crippen molar-refractivity contribution in [3.63, 3.8) is 0 Å². The molecule has 0 aliphatic heterocycles. The van der Waals surface area contributed by atoms with Gasteiger partial charge in [0.25, 0.3) is 5.91 Å². The highest BCUT2D eigenvalue weighted by molar-refractivity contribution is 5.80. The van der Waals surface area contributed by atoms with Gasteiger partial charge in [0, 0.05) is 25.7 Å². The van der Waals surface area contributed by atoms with Crippen LogP contribution in [0.5, 0.6) is 5.75 Å². The van der Waals surface area contributed by atoms with Crippen molar-refractivity contribution in [3.8, 4) is 5.75 Å². The summed E-state index contributed by atoms with van der Waals surface area (Å²) in [7, 11) is 1.79. The minimum Gasteiger partial charge on any atom is -0.484 e. The van der Waals surface area contributed by atoms with E-state index in [4.69, 9.17) is 4.74 Å². The van der Waals surface area contributed by atoms with E-state index < -0.39 is 0 Å². The molecule has 0 spiro atoms. The fraction of sp³-hybridized carbons (Fsp3) is 0.636. The number of rotatable bonds is 12. The van der Waals surface area contributed by atoms with Gasteiger partial charge in [-0.25, -0.2) is 0 Å². The normalized spacial score (nSPS) is 15.0. The molecular formula is C22H36N4O2. The highest BCUT2D eigenvalue weighted by Crippen LogP contribution is 2.18. The van der Waals surface area contributed by atoms with Gasteiger partial charge in [0.2, 0.25) is 0 Å². The van der Waals surface area contributed by atoms with Crippen LogP contribution in [-0.4, -0.2) is 37.6 Å². The number of benzene rings is 1. The summed E-state index contributed by atoms with van der Waals surface area (Å²) < 4.78 is 5.61. The van der Waals surface area contributed by atoms with Crippen molar-refractivity contribution in [3.05, 3.63) is 29.8 Å². The van der Waals surface area contributed by atoms with Crippen molar-refractivity contribution < 1.29 is 9.53 Å². The first-order valence-corrected chi connectivity index (χ1v) is 10.6. The molecule has 1 amide bonds. The van der Waals surface area contributed by atoms with Crippen LogP contribution in [0.4, 0.5) is 0 Å². The molecule has 1 saturated carbocycles. The molecule has 6 heteroatoms. The quantitative estimate of drug-likeness (QED) is 0.292. The maximum Gasteiger partial charge on any atom is 0.258 e. The van der Waals surface area contributed by atoms with E-state index in [0.717, 1.165) is 30.8 Å². The lowest BCUT2D eigenvalue weighted by atomic mass is 10.1. The number of nitrogens with one attached hydrogen (secondary N) is 3. The van der Waals surface area contributed by atoms with Gasteiger partial charge >= 0.3 is 0 Å². The van der Waals surface area contributed by atoms with Crippen LogP contribution in [0.25, 0.3) is 0 Å². The summed E-state index contributed by atoms with van der Waals surface area (Å²) in [6.45, 7) is 5.14. The molecule has 1 aliphatic carbocycles. The average Bonchev–Trinajstić information content (AvgIpc) is 3.51. The summed E-state index contributed by atoms with van der Waals surface area (Å²) in [6, 6.07) is 8.56. The van der Waals surface area contributed by atoms with Gasteiger partial charge in [-0.15, -0.1) is 0 Å². The summed E-state index contributed by atoms with van der Waals surface area (Å²) in [5.41, 5.74) is 1.08. The molecule has 0 heterocycles. The lowest BCUT2D eigenvalue weighted by Crippen LogP contribution is -2.41. The van der Waals surface area contributed by atoms with Crippen molar-refractivity contribution in [2.75, 3.05) is 13.7 Å². The molecule has 0 radical (unpaired) electrons. The number of aliphatic imine (C=N–C) groups is 1. The number of nitrogens with zero attached hydrogens (tertiary/aromatic N) is 1. The average molecular weight is 389 g/mol. The predicted octanol–water partition coefficient (Wildman–Crippen LogP) is 3.37. The first kappa shape index (κ1) is 22.1. The molecular weight excluding hydrogens is 352 g/mol. The Hall–Kier alpha value is -2.24. The Bertz CT molecular complexity index is 629. The summed E-state index contributed by atoms with van der Waals surface area (Å²) in [6.07, 6.45) is 8.41. The molecule has 2 rings (SSSR count).